The second-order valence-electron chi connectivity index (χ2n) is 6.63. The summed E-state index contributed by atoms with van der Waals surface area (Å²) >= 11 is 0. The van der Waals surface area contributed by atoms with Crippen molar-refractivity contribution < 1.29 is 4.74 Å². The number of ether oxygens (including phenoxy) is 1. The minimum Gasteiger partial charge on any atom is -0.377 e. The molecule has 3 nitrogen and oxygen atoms in total. The fraction of sp³-hybridized carbons (Fsp3) is 0.647. The maximum atomic E-state index is 5.68. The molecule has 0 heterocycles. The molecule has 0 aliphatic rings. The lowest BCUT2D eigenvalue weighted by Gasteiger charge is -2.20. The van der Waals surface area contributed by atoms with Gasteiger partial charge >= 0.3 is 0 Å². The van der Waals surface area contributed by atoms with Gasteiger partial charge in [0.15, 0.2) is 0 Å². The maximum Gasteiger partial charge on any atom is 0.0716 e. The van der Waals surface area contributed by atoms with Crippen LogP contribution in [0.15, 0.2) is 24.3 Å². The Kier molecular flexibility index (Phi) is 7.20. The van der Waals surface area contributed by atoms with Gasteiger partial charge in [0.1, 0.15) is 0 Å². The molecule has 0 bridgehead atoms. The second-order valence-corrected chi connectivity index (χ2v) is 6.63. The fourth-order valence-corrected chi connectivity index (χ4v) is 1.79. The minimum atomic E-state index is 0.161. The predicted octanol–water partition coefficient (Wildman–Crippen LogP) is 3.04. The van der Waals surface area contributed by atoms with E-state index in [4.69, 9.17) is 4.74 Å². The van der Waals surface area contributed by atoms with Gasteiger partial charge in [0.05, 0.1) is 6.61 Å². The van der Waals surface area contributed by atoms with Crippen LogP contribution in [0, 0.1) is 0 Å². The zero-order chi connectivity index (χ0) is 15.0. The van der Waals surface area contributed by atoms with Gasteiger partial charge in [-0.3, -0.25) is 0 Å². The van der Waals surface area contributed by atoms with Gasteiger partial charge in [-0.05, 0) is 59.0 Å². The average Bonchev–Trinajstić information content (AvgIpc) is 2.36. The smallest absolute Gasteiger partial charge is 0.0716 e. The molecule has 1 aromatic rings. The monoisotopic (exact) mass is 278 g/mol. The van der Waals surface area contributed by atoms with Gasteiger partial charge < -0.3 is 15.0 Å². The van der Waals surface area contributed by atoms with Gasteiger partial charge in [-0.15, -0.1) is 0 Å². The number of benzene rings is 1. The molecule has 0 aliphatic heterocycles. The molecular weight excluding hydrogens is 248 g/mol. The van der Waals surface area contributed by atoms with Gasteiger partial charge in [-0.2, -0.15) is 0 Å². The minimum absolute atomic E-state index is 0.161. The standard InChI is InChI=1S/C17H30N2O/c1-17(2,3)18-13-15-7-9-16(10-8-15)14-20-12-6-11-19(4)5/h7-10,18H,6,11-14H2,1-5H3. The first-order chi connectivity index (χ1) is 9.37. The largest absolute Gasteiger partial charge is 0.377 e. The summed E-state index contributed by atoms with van der Waals surface area (Å²) in [6.45, 7) is 10.1. The zero-order valence-electron chi connectivity index (χ0n) is 13.7. The van der Waals surface area contributed by atoms with E-state index in [9.17, 15) is 0 Å². The first-order valence-corrected chi connectivity index (χ1v) is 7.42. The Balaban J connectivity index is 2.25. The molecule has 0 spiro atoms. The van der Waals surface area contributed by atoms with Crippen LogP contribution in [0.4, 0.5) is 0 Å². The summed E-state index contributed by atoms with van der Waals surface area (Å²) in [4.78, 5) is 2.18. The van der Waals surface area contributed by atoms with E-state index in [1.807, 2.05) is 0 Å². The molecule has 0 aliphatic carbocycles. The summed E-state index contributed by atoms with van der Waals surface area (Å²) in [7, 11) is 4.18. The molecule has 20 heavy (non-hydrogen) atoms. The number of nitrogens with one attached hydrogen (secondary N) is 1. The summed E-state index contributed by atoms with van der Waals surface area (Å²) in [6.07, 6.45) is 1.08. The van der Waals surface area contributed by atoms with E-state index in [-0.39, 0.29) is 5.54 Å². The lowest BCUT2D eigenvalue weighted by atomic mass is 10.1. The number of hydrogen-bond acceptors (Lipinski definition) is 3. The van der Waals surface area contributed by atoms with Crippen molar-refractivity contribution in [3.05, 3.63) is 35.4 Å². The van der Waals surface area contributed by atoms with Crippen molar-refractivity contribution in [1.29, 1.82) is 0 Å². The molecule has 0 aromatic heterocycles. The molecule has 1 aromatic carbocycles. The van der Waals surface area contributed by atoms with Gasteiger partial charge in [-0.25, -0.2) is 0 Å². The molecule has 0 radical (unpaired) electrons. The van der Waals surface area contributed by atoms with Gasteiger partial charge in [0.2, 0.25) is 0 Å². The van der Waals surface area contributed by atoms with E-state index in [2.05, 4.69) is 69.3 Å². The maximum absolute atomic E-state index is 5.68. The number of rotatable bonds is 8. The Hall–Kier alpha value is -0.900. The SMILES string of the molecule is CN(C)CCCOCc1ccc(CNC(C)(C)C)cc1. The summed E-state index contributed by atoms with van der Waals surface area (Å²) in [5.41, 5.74) is 2.72. The van der Waals surface area contributed by atoms with Crippen molar-refractivity contribution in [3.8, 4) is 0 Å². The van der Waals surface area contributed by atoms with Gasteiger partial charge in [0.25, 0.3) is 0 Å². The van der Waals surface area contributed by atoms with E-state index in [1.54, 1.807) is 0 Å². The zero-order valence-corrected chi connectivity index (χ0v) is 13.7. The Bertz CT molecular complexity index is 366. The molecule has 0 fully saturated rings. The highest BCUT2D eigenvalue weighted by Gasteiger charge is 2.07. The average molecular weight is 278 g/mol. The summed E-state index contributed by atoms with van der Waals surface area (Å²) in [5, 5.41) is 3.49. The van der Waals surface area contributed by atoms with E-state index >= 15 is 0 Å². The van der Waals surface area contributed by atoms with Gasteiger partial charge in [0, 0.05) is 18.7 Å². The van der Waals surface area contributed by atoms with Crippen molar-refractivity contribution in [2.45, 2.75) is 45.9 Å². The van der Waals surface area contributed by atoms with Crippen LogP contribution in [0.25, 0.3) is 0 Å². The van der Waals surface area contributed by atoms with Crippen molar-refractivity contribution in [2.75, 3.05) is 27.2 Å². The topological polar surface area (TPSA) is 24.5 Å². The summed E-state index contributed by atoms with van der Waals surface area (Å²) in [5.74, 6) is 0. The Morgan fingerprint density at radius 1 is 1.05 bits per heavy atom. The quantitative estimate of drug-likeness (QED) is 0.740. The number of nitrogens with zero attached hydrogens (tertiary/aromatic N) is 1. The summed E-state index contributed by atoms with van der Waals surface area (Å²) < 4.78 is 5.68. The third-order valence-corrected chi connectivity index (χ3v) is 3.01. The van der Waals surface area contributed by atoms with Crippen molar-refractivity contribution in [2.24, 2.45) is 0 Å². The molecular formula is C17H30N2O. The Labute approximate surface area is 124 Å². The Morgan fingerprint density at radius 3 is 2.20 bits per heavy atom. The van der Waals surface area contributed by atoms with Crippen LogP contribution >= 0.6 is 0 Å². The third kappa shape index (κ3) is 8.31. The highest BCUT2D eigenvalue weighted by molar-refractivity contribution is 5.22. The van der Waals surface area contributed by atoms with Crippen molar-refractivity contribution in [3.63, 3.8) is 0 Å². The van der Waals surface area contributed by atoms with Crippen molar-refractivity contribution in [1.82, 2.24) is 10.2 Å². The summed E-state index contributed by atoms with van der Waals surface area (Å²) in [6, 6.07) is 8.67. The van der Waals surface area contributed by atoms with Crippen LogP contribution in [0.5, 0.6) is 0 Å². The molecule has 1 N–H and O–H groups in total. The molecule has 0 unspecified atom stereocenters. The molecule has 114 valence electrons. The van der Waals surface area contributed by atoms with Gasteiger partial charge in [-0.1, -0.05) is 24.3 Å². The van der Waals surface area contributed by atoms with Crippen molar-refractivity contribution >= 4 is 0 Å². The molecule has 0 saturated carbocycles. The van der Waals surface area contributed by atoms with E-state index in [0.29, 0.717) is 6.61 Å². The first-order valence-electron chi connectivity index (χ1n) is 7.42. The predicted molar refractivity (Wildman–Crippen MR) is 85.9 cm³/mol. The first kappa shape index (κ1) is 17.2. The van der Waals surface area contributed by atoms with E-state index in [1.165, 1.54) is 11.1 Å². The second kappa shape index (κ2) is 8.40. The lowest BCUT2D eigenvalue weighted by Crippen LogP contribution is -2.35. The lowest BCUT2D eigenvalue weighted by molar-refractivity contribution is 0.113. The molecule has 3 heteroatoms. The Morgan fingerprint density at radius 2 is 1.65 bits per heavy atom. The molecule has 1 rings (SSSR count). The van der Waals surface area contributed by atoms with Crippen LogP contribution in [0.1, 0.15) is 38.3 Å². The molecule has 0 atom stereocenters. The fourth-order valence-electron chi connectivity index (χ4n) is 1.79. The van der Waals surface area contributed by atoms with Crippen LogP contribution < -0.4 is 5.32 Å². The van der Waals surface area contributed by atoms with E-state index in [0.717, 1.165) is 26.1 Å². The normalized spacial score (nSPS) is 12.1. The third-order valence-electron chi connectivity index (χ3n) is 3.01. The molecule has 0 saturated heterocycles. The number of hydrogen-bond donors (Lipinski definition) is 1. The molecule has 0 amide bonds. The van der Waals surface area contributed by atoms with E-state index < -0.39 is 0 Å². The van der Waals surface area contributed by atoms with Crippen LogP contribution in [-0.2, 0) is 17.9 Å². The highest BCUT2D eigenvalue weighted by atomic mass is 16.5. The van der Waals surface area contributed by atoms with Crippen LogP contribution in [0.2, 0.25) is 0 Å². The van der Waals surface area contributed by atoms with Crippen LogP contribution in [-0.4, -0.2) is 37.7 Å². The highest BCUT2D eigenvalue weighted by Crippen LogP contribution is 2.08. The van der Waals surface area contributed by atoms with Crippen LogP contribution in [0.3, 0.4) is 0 Å².